The minimum Gasteiger partial charge on any atom is -0.508 e. The van der Waals surface area contributed by atoms with E-state index in [1.807, 2.05) is 62.2 Å². The number of nitrogens with zero attached hydrogens (tertiary/aromatic N) is 5. The fourth-order valence-electron chi connectivity index (χ4n) is 14.0. The molecule has 1 aliphatic heterocycles. The number of benzene rings is 4. The molecule has 5 atom stereocenters. The minimum atomic E-state index is -1.35. The Kier molecular flexibility index (Phi) is 43.9. The van der Waals surface area contributed by atoms with Crippen molar-refractivity contribution < 1.29 is 95.5 Å². The van der Waals surface area contributed by atoms with Crippen LogP contribution in [0.3, 0.4) is 0 Å². The van der Waals surface area contributed by atoms with Gasteiger partial charge in [0.15, 0.2) is 12.8 Å². The third-order valence-corrected chi connectivity index (χ3v) is 24.1. The van der Waals surface area contributed by atoms with Crippen molar-refractivity contribution in [2.24, 2.45) is 5.92 Å². The Labute approximate surface area is 747 Å². The summed E-state index contributed by atoms with van der Waals surface area (Å²) >= 11 is 1.03. The van der Waals surface area contributed by atoms with Gasteiger partial charge < -0.3 is 66.5 Å². The van der Waals surface area contributed by atoms with E-state index in [4.69, 9.17) is 14.2 Å². The number of hydrogen-bond donors (Lipinski definition) is 11. The second kappa shape index (κ2) is 54.4. The number of aromatic nitrogens is 3. The Morgan fingerprint density at radius 3 is 2.09 bits per heavy atom. The topological polar surface area (TPSA) is 462 Å². The number of halogens is 2. The third-order valence-electron chi connectivity index (χ3n) is 20.8. The lowest BCUT2D eigenvalue weighted by atomic mass is 9.96. The van der Waals surface area contributed by atoms with Gasteiger partial charge >= 0.3 is 29.7 Å². The predicted molar refractivity (Wildman–Crippen MR) is 473 cm³/mol. The minimum absolute atomic E-state index is 0.00517. The number of hydrogen-bond acceptors (Lipinski definition) is 24. The maximum Gasteiger partial charge on any atom is 0.426 e. The number of unbranched alkanes of at least 4 members (excludes halogenated alkanes) is 4. The zero-order valence-corrected chi connectivity index (χ0v) is 74.8. The molecule has 34 nitrogen and oxygen atoms in total. The van der Waals surface area contributed by atoms with Crippen LogP contribution in [0.5, 0.6) is 5.75 Å². The highest BCUT2D eigenvalue weighted by molar-refractivity contribution is 8.76. The van der Waals surface area contributed by atoms with Crippen molar-refractivity contribution in [3.8, 4) is 16.9 Å². The van der Waals surface area contributed by atoms with E-state index >= 15 is 0 Å². The molecule has 3 heterocycles. The van der Waals surface area contributed by atoms with Gasteiger partial charge in [0.2, 0.25) is 47.3 Å². The number of carbonyl (C=O) groups excluding carboxylic acids is 12. The summed E-state index contributed by atoms with van der Waals surface area (Å²) in [5, 5.41) is 39.5. The van der Waals surface area contributed by atoms with Crippen molar-refractivity contribution in [3.63, 3.8) is 0 Å². The monoisotopic (exact) mass is 1820 g/mol. The Morgan fingerprint density at radius 2 is 1.37 bits per heavy atom. The molecule has 1 unspecified atom stereocenters. The number of piperidine rings is 1. The molecule has 1 fully saturated rings. The number of ether oxygens (including phenoxy) is 3. The summed E-state index contributed by atoms with van der Waals surface area (Å²) in [4.78, 5) is 204. The number of phenolic OH excluding ortho intramolecular Hbond substituents is 1. The number of carbonyl (C=O) groups is 13. The van der Waals surface area contributed by atoms with Crippen LogP contribution < -0.4 is 59.3 Å². The van der Waals surface area contributed by atoms with Crippen LogP contribution in [-0.4, -0.2) is 207 Å². The SMILES string of the molecule is CCCC(=O)OCN(C(=O)CNC(=O)C1CCCCN1C)[C@H](C[C@@H](OC(C)=O)c1nc(C(=O)N[C@H](CCC(=O)NNC(=O)OCCSSCCNC(=O)CNC(=O)[C@@H](CCC(=O)O)NC(=O)CNC(=O)CCCCCCCNC(=O)CCc2cccc(-c3c(C)n(Cc4c(F)cccc4F)c(=O)n(CCc4ccccc4)c3=O)c2)Cc2ccc(O)cc2)cs1)C(C)C. The second-order valence-electron chi connectivity index (χ2n) is 30.9. The number of phenols is 1. The Morgan fingerprint density at radius 1 is 0.677 bits per heavy atom. The normalized spacial score (nSPS) is 13.4. The van der Waals surface area contributed by atoms with Crippen molar-refractivity contribution in [3.05, 3.63) is 174 Å². The Balaban J connectivity index is 0.747. The van der Waals surface area contributed by atoms with Crippen LogP contribution in [0, 0.1) is 24.5 Å². The molecule has 39 heteroatoms. The summed E-state index contributed by atoms with van der Waals surface area (Å²) in [6.07, 6.45) is 4.45. The number of nitrogens with one attached hydrogen (secondary N) is 9. The number of aryl methyl sites for hydroxylation is 2. The molecule has 690 valence electrons. The van der Waals surface area contributed by atoms with Crippen LogP contribution in [-0.2, 0) is 99.3 Å². The molecular weight excluding hydrogens is 1710 g/mol. The number of hydrazine groups is 1. The molecule has 0 spiro atoms. The van der Waals surface area contributed by atoms with Crippen LogP contribution in [0.2, 0.25) is 0 Å². The van der Waals surface area contributed by atoms with Crippen LogP contribution in [0.15, 0.2) is 112 Å². The highest BCUT2D eigenvalue weighted by Crippen LogP contribution is 2.32. The van der Waals surface area contributed by atoms with Gasteiger partial charge in [0.25, 0.3) is 11.5 Å². The average Bonchev–Trinajstić information content (AvgIpc) is 1.65. The van der Waals surface area contributed by atoms with Gasteiger partial charge in [-0.2, -0.15) is 0 Å². The third kappa shape index (κ3) is 36.0. The van der Waals surface area contributed by atoms with Gasteiger partial charge in [-0.3, -0.25) is 81.8 Å². The molecule has 1 aliphatic rings. The van der Waals surface area contributed by atoms with E-state index in [1.165, 1.54) is 61.6 Å². The van der Waals surface area contributed by atoms with Crippen LogP contribution in [0.4, 0.5) is 13.6 Å². The number of aliphatic carboxylic acids is 1. The number of aromatic hydroxyl groups is 1. The van der Waals surface area contributed by atoms with Gasteiger partial charge in [-0.05, 0) is 137 Å². The lowest BCUT2D eigenvalue weighted by Crippen LogP contribution is -2.52. The number of carboxylic acids is 1. The Bertz CT molecular complexity index is 4810. The van der Waals surface area contributed by atoms with E-state index in [0.717, 1.165) is 71.4 Å². The number of amides is 10. The molecule has 0 radical (unpaired) electrons. The summed E-state index contributed by atoms with van der Waals surface area (Å²) < 4.78 is 48.7. The molecule has 4 aromatic carbocycles. The zero-order chi connectivity index (χ0) is 92.3. The van der Waals surface area contributed by atoms with Gasteiger partial charge in [0, 0.05) is 105 Å². The van der Waals surface area contributed by atoms with Gasteiger partial charge in [0.1, 0.15) is 40.7 Å². The standard InChI is InChI=1S/C88H116F2N14O20S3/c1-7-20-80(115)123-55-104(78(112)52-95-84(118)70-27-15-17-42-101(70)6)71(56(2)3)49-72(124-58(5)105)85-98-69(54-125-85)83(117)96-63(48-61-29-33-64(106)34-30-61)32-37-75(109)99-100-87(120)122-44-46-127-126-45-41-92-76(110)50-94-82(116)68(35-38-79(113)114)97-77(111)51-93-73(107)28-14-9-8-10-16-40-91-74(108)36-31-60-23-18-24-62(47-60)81-57(4)103(53-65-66(89)25-19-26-67(65)90)88(121)102(86(81)119)43-39-59-21-12-11-13-22-59/h11-13,18-19,21-26,29-30,33-34,47,54,56,63,68,70-72,106H,7-10,14-17,20,27-28,31-32,35-46,48-53,55H2,1-6H3,(H,91,108)(H,92,110)(H,93,107)(H,94,116)(H,95,118)(H,96,117)(H,97,111)(H,99,109)(H,100,120)(H,113,114)/t63-,68-,70?,71-,72-/m1/s1. The van der Waals surface area contributed by atoms with Crippen molar-refractivity contribution >= 4 is 110 Å². The van der Waals surface area contributed by atoms with Gasteiger partial charge in [-0.15, -0.1) is 11.3 Å². The summed E-state index contributed by atoms with van der Waals surface area (Å²) in [7, 11) is 4.48. The highest BCUT2D eigenvalue weighted by atomic mass is 33.1. The Hall–Kier alpha value is -11.6. The first kappa shape index (κ1) is 102. The van der Waals surface area contributed by atoms with Gasteiger partial charge in [-0.1, -0.05) is 141 Å². The van der Waals surface area contributed by atoms with Crippen LogP contribution in [0.1, 0.15) is 186 Å². The van der Waals surface area contributed by atoms with Crippen molar-refractivity contribution in [2.45, 2.75) is 206 Å². The molecule has 127 heavy (non-hydrogen) atoms. The smallest absolute Gasteiger partial charge is 0.426 e. The number of thiazole rings is 1. The number of rotatable bonds is 53. The first-order valence-corrected chi connectivity index (χ1v) is 45.8. The molecule has 0 saturated carbocycles. The maximum atomic E-state index is 14.9. The fraction of sp³-hybridized carbons (Fsp3) is 0.500. The molecule has 0 aliphatic carbocycles. The van der Waals surface area contributed by atoms with E-state index < -0.39 is 151 Å². The first-order valence-electron chi connectivity index (χ1n) is 42.5. The summed E-state index contributed by atoms with van der Waals surface area (Å²) in [6, 6.07) is 22.8. The quantitative estimate of drug-likeness (QED) is 0.00439. The first-order chi connectivity index (χ1) is 60.9. The molecule has 6 aromatic rings. The van der Waals surface area contributed by atoms with Crippen molar-refractivity contribution in [1.82, 2.24) is 72.0 Å². The summed E-state index contributed by atoms with van der Waals surface area (Å²) in [5.74, 6) is -8.66. The summed E-state index contributed by atoms with van der Waals surface area (Å²) in [5.41, 5.74) is 6.06. The molecule has 1 saturated heterocycles. The molecule has 7 rings (SSSR count). The molecule has 2 aromatic heterocycles. The second-order valence-corrected chi connectivity index (χ2v) is 34.5. The fourth-order valence-corrected chi connectivity index (χ4v) is 16.5. The largest absolute Gasteiger partial charge is 0.508 e. The van der Waals surface area contributed by atoms with E-state index in [0.29, 0.717) is 74.1 Å². The molecule has 0 bridgehead atoms. The van der Waals surface area contributed by atoms with E-state index in [2.05, 4.69) is 53.1 Å². The van der Waals surface area contributed by atoms with Gasteiger partial charge in [0.05, 0.1) is 37.8 Å². The predicted octanol–water partition coefficient (Wildman–Crippen LogP) is 7.51. The molecular formula is C88H116F2N14O20S3. The highest BCUT2D eigenvalue weighted by Gasteiger charge is 2.36. The van der Waals surface area contributed by atoms with E-state index in [-0.39, 0.29) is 129 Å². The number of likely N-dealkylation sites (tertiary alicyclic amines) is 1. The average molecular weight is 1820 g/mol. The van der Waals surface area contributed by atoms with Crippen LogP contribution >= 0.6 is 32.9 Å². The van der Waals surface area contributed by atoms with Crippen molar-refractivity contribution in [2.75, 3.05) is 71.2 Å². The molecule has 11 N–H and O–H groups in total. The van der Waals surface area contributed by atoms with E-state index in [9.17, 15) is 90.9 Å². The molecule has 10 amide bonds. The lowest BCUT2D eigenvalue weighted by molar-refractivity contribution is -0.158. The zero-order valence-electron chi connectivity index (χ0n) is 72.4. The number of esters is 2. The number of likely N-dealkylation sites (N-methyl/N-ethyl adjacent to an activating group) is 1. The lowest BCUT2D eigenvalue weighted by Gasteiger charge is -2.36. The van der Waals surface area contributed by atoms with Crippen molar-refractivity contribution in [1.29, 1.82) is 0 Å². The summed E-state index contributed by atoms with van der Waals surface area (Å²) in [6.45, 7) is 7.19. The van der Waals surface area contributed by atoms with Crippen LogP contribution in [0.25, 0.3) is 11.1 Å². The van der Waals surface area contributed by atoms with E-state index in [1.54, 1.807) is 44.2 Å². The number of carboxylic acid groups (broad SMARTS) is 1. The maximum absolute atomic E-state index is 14.9. The van der Waals surface area contributed by atoms with Gasteiger partial charge in [-0.25, -0.2) is 28.8 Å².